The average Bonchev–Trinajstić information content (AvgIpc) is 3.39. The fourth-order valence-corrected chi connectivity index (χ4v) is 3.52. The van der Waals surface area contributed by atoms with Crippen molar-refractivity contribution >= 4 is 23.6 Å². The third-order valence-corrected chi connectivity index (χ3v) is 4.92. The molecule has 4 rings (SSSR count). The zero-order valence-corrected chi connectivity index (χ0v) is 16.5. The SMILES string of the molecule is Cc1nc(Nc2ncccc2C)cc([C@@H]2CCCN2C(=O)/C=C/c2cnc[nH]2)n1. The van der Waals surface area contributed by atoms with Crippen molar-refractivity contribution in [3.05, 3.63) is 65.8 Å². The Morgan fingerprint density at radius 3 is 3.03 bits per heavy atom. The Hall–Kier alpha value is -3.55. The van der Waals surface area contributed by atoms with Crippen LogP contribution >= 0.6 is 0 Å². The van der Waals surface area contributed by atoms with E-state index < -0.39 is 0 Å². The number of anilines is 2. The molecule has 0 saturated carbocycles. The summed E-state index contributed by atoms with van der Waals surface area (Å²) in [5.41, 5.74) is 2.67. The molecule has 0 radical (unpaired) electrons. The van der Waals surface area contributed by atoms with Crippen LogP contribution < -0.4 is 5.32 Å². The van der Waals surface area contributed by atoms with Crippen LogP contribution in [-0.2, 0) is 4.79 Å². The number of aromatic amines is 1. The van der Waals surface area contributed by atoms with Crippen LogP contribution in [0.3, 0.4) is 0 Å². The van der Waals surface area contributed by atoms with Crippen molar-refractivity contribution in [2.24, 2.45) is 0 Å². The molecule has 3 aromatic rings. The predicted octanol–water partition coefficient (Wildman–Crippen LogP) is 3.33. The van der Waals surface area contributed by atoms with E-state index >= 15 is 0 Å². The van der Waals surface area contributed by atoms with E-state index in [4.69, 9.17) is 0 Å². The fraction of sp³-hybridized carbons (Fsp3) is 0.286. The number of hydrogen-bond acceptors (Lipinski definition) is 6. The molecule has 0 unspecified atom stereocenters. The number of nitrogens with one attached hydrogen (secondary N) is 2. The first-order valence-electron chi connectivity index (χ1n) is 9.61. The molecule has 148 valence electrons. The van der Waals surface area contributed by atoms with Gasteiger partial charge in [0.1, 0.15) is 17.5 Å². The number of aromatic nitrogens is 5. The zero-order chi connectivity index (χ0) is 20.2. The number of imidazole rings is 1. The lowest BCUT2D eigenvalue weighted by Gasteiger charge is -2.23. The number of carbonyl (C=O) groups is 1. The molecule has 1 fully saturated rings. The standard InChI is InChI=1S/C21H23N7O/c1-14-5-3-9-23-21(14)27-19-11-17(25-15(2)26-19)18-6-4-10-28(18)20(29)8-7-16-12-22-13-24-16/h3,5,7-9,11-13,18H,4,6,10H2,1-2H3,(H,22,24)(H,23,25,26,27)/b8-7+/t18-/m0/s1. The third kappa shape index (κ3) is 4.31. The second-order valence-electron chi connectivity index (χ2n) is 7.05. The van der Waals surface area contributed by atoms with Gasteiger partial charge in [-0.1, -0.05) is 6.07 Å². The minimum Gasteiger partial charge on any atom is -0.345 e. The van der Waals surface area contributed by atoms with E-state index in [0.29, 0.717) is 18.2 Å². The van der Waals surface area contributed by atoms with Crippen molar-refractivity contribution in [2.75, 3.05) is 11.9 Å². The monoisotopic (exact) mass is 389 g/mol. The maximum absolute atomic E-state index is 12.8. The van der Waals surface area contributed by atoms with Gasteiger partial charge in [0, 0.05) is 24.9 Å². The van der Waals surface area contributed by atoms with Crippen molar-refractivity contribution in [3.8, 4) is 0 Å². The Kier molecular flexibility index (Phi) is 5.33. The van der Waals surface area contributed by atoms with Crippen LogP contribution in [0, 0.1) is 13.8 Å². The molecule has 4 heterocycles. The lowest BCUT2D eigenvalue weighted by Crippen LogP contribution is -2.29. The number of likely N-dealkylation sites (tertiary alicyclic amines) is 1. The van der Waals surface area contributed by atoms with Gasteiger partial charge < -0.3 is 15.2 Å². The molecule has 1 amide bonds. The Morgan fingerprint density at radius 2 is 2.24 bits per heavy atom. The van der Waals surface area contributed by atoms with Gasteiger partial charge in [-0.2, -0.15) is 0 Å². The first-order chi connectivity index (χ1) is 14.1. The Morgan fingerprint density at radius 1 is 1.34 bits per heavy atom. The van der Waals surface area contributed by atoms with Crippen molar-refractivity contribution in [3.63, 3.8) is 0 Å². The second kappa shape index (κ2) is 8.22. The van der Waals surface area contributed by atoms with E-state index in [1.165, 1.54) is 0 Å². The van der Waals surface area contributed by atoms with Crippen molar-refractivity contribution in [1.82, 2.24) is 29.8 Å². The predicted molar refractivity (Wildman–Crippen MR) is 110 cm³/mol. The summed E-state index contributed by atoms with van der Waals surface area (Å²) in [5, 5.41) is 3.27. The average molecular weight is 389 g/mol. The van der Waals surface area contributed by atoms with Gasteiger partial charge in [0.05, 0.1) is 30.0 Å². The van der Waals surface area contributed by atoms with Crippen LogP contribution in [-0.4, -0.2) is 42.3 Å². The quantitative estimate of drug-likeness (QED) is 0.649. The van der Waals surface area contributed by atoms with Crippen LogP contribution in [0.1, 0.15) is 41.7 Å². The fourth-order valence-electron chi connectivity index (χ4n) is 3.52. The molecule has 3 aromatic heterocycles. The Labute approximate surface area is 169 Å². The lowest BCUT2D eigenvalue weighted by molar-refractivity contribution is -0.126. The summed E-state index contributed by atoms with van der Waals surface area (Å²) >= 11 is 0. The molecule has 8 nitrogen and oxygen atoms in total. The minimum atomic E-state index is -0.0685. The molecule has 0 bridgehead atoms. The van der Waals surface area contributed by atoms with E-state index in [1.54, 1.807) is 30.9 Å². The van der Waals surface area contributed by atoms with Gasteiger partial charge in [0.25, 0.3) is 0 Å². The summed E-state index contributed by atoms with van der Waals surface area (Å²) in [5.74, 6) is 2.07. The summed E-state index contributed by atoms with van der Waals surface area (Å²) in [6, 6.07) is 5.74. The van der Waals surface area contributed by atoms with Crippen LogP contribution in [0.15, 0.2) is 43.0 Å². The van der Waals surface area contributed by atoms with Crippen LogP contribution in [0.5, 0.6) is 0 Å². The highest BCUT2D eigenvalue weighted by Gasteiger charge is 2.30. The Bertz CT molecular complexity index is 1030. The molecule has 1 saturated heterocycles. The molecule has 29 heavy (non-hydrogen) atoms. The number of H-pyrrole nitrogens is 1. The van der Waals surface area contributed by atoms with Gasteiger partial charge in [-0.05, 0) is 44.4 Å². The van der Waals surface area contributed by atoms with E-state index in [9.17, 15) is 4.79 Å². The molecule has 0 spiro atoms. The molecule has 8 heteroatoms. The van der Waals surface area contributed by atoms with Gasteiger partial charge >= 0.3 is 0 Å². The maximum Gasteiger partial charge on any atom is 0.247 e. The first kappa shape index (κ1) is 18.8. The topological polar surface area (TPSA) is 99.7 Å². The van der Waals surface area contributed by atoms with Crippen LogP contribution in [0.4, 0.5) is 11.6 Å². The zero-order valence-electron chi connectivity index (χ0n) is 16.5. The molecule has 0 aliphatic carbocycles. The van der Waals surface area contributed by atoms with Crippen LogP contribution in [0.25, 0.3) is 6.08 Å². The summed E-state index contributed by atoms with van der Waals surface area (Å²) in [7, 11) is 0. The summed E-state index contributed by atoms with van der Waals surface area (Å²) in [6.07, 6.45) is 10.2. The van der Waals surface area contributed by atoms with Gasteiger partial charge in [-0.25, -0.2) is 19.9 Å². The van der Waals surface area contributed by atoms with Crippen molar-refractivity contribution in [2.45, 2.75) is 32.7 Å². The van der Waals surface area contributed by atoms with Crippen molar-refractivity contribution in [1.29, 1.82) is 0 Å². The molecule has 0 aromatic carbocycles. The minimum absolute atomic E-state index is 0.0338. The maximum atomic E-state index is 12.8. The van der Waals surface area contributed by atoms with E-state index in [-0.39, 0.29) is 11.9 Å². The number of nitrogens with zero attached hydrogens (tertiary/aromatic N) is 5. The van der Waals surface area contributed by atoms with E-state index in [0.717, 1.165) is 35.6 Å². The first-order valence-corrected chi connectivity index (χ1v) is 9.61. The number of hydrogen-bond donors (Lipinski definition) is 2. The van der Waals surface area contributed by atoms with Crippen LogP contribution in [0.2, 0.25) is 0 Å². The number of aryl methyl sites for hydroxylation is 2. The molecular weight excluding hydrogens is 366 g/mol. The number of rotatable bonds is 5. The number of amides is 1. The molecule has 2 N–H and O–H groups in total. The molecule has 1 atom stereocenters. The van der Waals surface area contributed by atoms with Gasteiger partial charge in [0.2, 0.25) is 5.91 Å². The largest absolute Gasteiger partial charge is 0.345 e. The molecule has 1 aliphatic heterocycles. The van der Waals surface area contributed by atoms with E-state index in [2.05, 4.69) is 30.2 Å². The summed E-state index contributed by atoms with van der Waals surface area (Å²) in [4.78, 5) is 35.0. The summed E-state index contributed by atoms with van der Waals surface area (Å²) in [6.45, 7) is 4.56. The summed E-state index contributed by atoms with van der Waals surface area (Å²) < 4.78 is 0. The third-order valence-electron chi connectivity index (χ3n) is 4.92. The normalized spacial score (nSPS) is 16.5. The Balaban J connectivity index is 1.56. The lowest BCUT2D eigenvalue weighted by atomic mass is 10.1. The highest BCUT2D eigenvalue weighted by molar-refractivity contribution is 5.92. The van der Waals surface area contributed by atoms with E-state index in [1.807, 2.05) is 36.9 Å². The molecule has 1 aliphatic rings. The highest BCUT2D eigenvalue weighted by Crippen LogP contribution is 2.32. The smallest absolute Gasteiger partial charge is 0.247 e. The van der Waals surface area contributed by atoms with Gasteiger partial charge in [0.15, 0.2) is 0 Å². The van der Waals surface area contributed by atoms with Gasteiger partial charge in [-0.3, -0.25) is 4.79 Å². The number of carbonyl (C=O) groups excluding carboxylic acids is 1. The highest BCUT2D eigenvalue weighted by atomic mass is 16.2. The van der Waals surface area contributed by atoms with Gasteiger partial charge in [-0.15, -0.1) is 0 Å². The number of pyridine rings is 1. The second-order valence-corrected chi connectivity index (χ2v) is 7.05. The molecular formula is C21H23N7O. The van der Waals surface area contributed by atoms with Crippen molar-refractivity contribution < 1.29 is 4.79 Å².